The minimum atomic E-state index is 0.444. The second-order valence-corrected chi connectivity index (χ2v) is 5.66. The summed E-state index contributed by atoms with van der Waals surface area (Å²) in [5.74, 6) is 0. The van der Waals surface area contributed by atoms with Crippen LogP contribution < -0.4 is 0 Å². The summed E-state index contributed by atoms with van der Waals surface area (Å²) < 4.78 is 7.19. The molecule has 0 fully saturated rings. The van der Waals surface area contributed by atoms with Crippen LogP contribution in [0.1, 0.15) is 30.6 Å². The highest BCUT2D eigenvalue weighted by Gasteiger charge is 2.08. The molecule has 0 amide bonds. The van der Waals surface area contributed by atoms with Crippen molar-refractivity contribution in [2.24, 2.45) is 0 Å². The fraction of sp³-hybridized carbons (Fsp3) is 0.286. The number of thiazole rings is 1. The lowest BCUT2D eigenvalue weighted by Crippen LogP contribution is -1.96. The molecule has 0 aliphatic heterocycles. The molecule has 3 heterocycles. The lowest BCUT2D eigenvalue weighted by molar-refractivity contribution is 0.568. The van der Waals surface area contributed by atoms with Gasteiger partial charge in [0, 0.05) is 29.6 Å². The Hall–Kier alpha value is -1.88. The molecule has 0 N–H and O–H groups in total. The standard InChI is InChI=1S/C14H15N3OS/c1-10(2)17-6-12(15-9-17)5-14-16-13(8-19-14)11-3-4-18-7-11/h3-4,6-10H,5H2,1-2H3. The van der Waals surface area contributed by atoms with Crippen LogP contribution >= 0.6 is 11.3 Å². The molecule has 19 heavy (non-hydrogen) atoms. The quantitative estimate of drug-likeness (QED) is 0.726. The average molecular weight is 273 g/mol. The van der Waals surface area contributed by atoms with E-state index in [1.165, 1.54) is 0 Å². The molecule has 0 saturated carbocycles. The third kappa shape index (κ3) is 2.61. The maximum Gasteiger partial charge on any atom is 0.0996 e. The molecule has 0 saturated heterocycles. The SMILES string of the molecule is CC(C)n1cnc(Cc2nc(-c3ccoc3)cs2)c1. The Morgan fingerprint density at radius 3 is 3.00 bits per heavy atom. The molecule has 0 spiro atoms. The van der Waals surface area contributed by atoms with Gasteiger partial charge in [0.1, 0.15) is 0 Å². The van der Waals surface area contributed by atoms with Crippen LogP contribution in [0.3, 0.4) is 0 Å². The summed E-state index contributed by atoms with van der Waals surface area (Å²) in [6.45, 7) is 4.29. The second-order valence-electron chi connectivity index (χ2n) is 4.72. The largest absolute Gasteiger partial charge is 0.472 e. The van der Waals surface area contributed by atoms with Gasteiger partial charge in [0.25, 0.3) is 0 Å². The van der Waals surface area contributed by atoms with Crippen molar-refractivity contribution in [2.45, 2.75) is 26.3 Å². The van der Waals surface area contributed by atoms with E-state index in [4.69, 9.17) is 4.42 Å². The zero-order valence-corrected chi connectivity index (χ0v) is 11.7. The molecule has 5 heteroatoms. The van der Waals surface area contributed by atoms with Crippen molar-refractivity contribution in [3.8, 4) is 11.3 Å². The summed E-state index contributed by atoms with van der Waals surface area (Å²) >= 11 is 1.66. The smallest absolute Gasteiger partial charge is 0.0996 e. The van der Waals surface area contributed by atoms with E-state index in [1.54, 1.807) is 23.9 Å². The molecule has 4 nitrogen and oxygen atoms in total. The van der Waals surface area contributed by atoms with Crippen LogP contribution in [-0.4, -0.2) is 14.5 Å². The highest BCUT2D eigenvalue weighted by molar-refractivity contribution is 7.10. The highest BCUT2D eigenvalue weighted by atomic mass is 32.1. The van der Waals surface area contributed by atoms with Crippen molar-refractivity contribution in [2.75, 3.05) is 0 Å². The Balaban J connectivity index is 1.76. The zero-order chi connectivity index (χ0) is 13.2. The van der Waals surface area contributed by atoms with Gasteiger partial charge in [0.05, 0.1) is 35.2 Å². The Labute approximate surface area is 115 Å². The number of furan rings is 1. The predicted octanol–water partition coefficient (Wildman–Crippen LogP) is 3.77. The van der Waals surface area contributed by atoms with Gasteiger partial charge < -0.3 is 8.98 Å². The Bertz CT molecular complexity index is 652. The number of aromatic nitrogens is 3. The van der Waals surface area contributed by atoms with E-state index < -0.39 is 0 Å². The fourth-order valence-electron chi connectivity index (χ4n) is 1.84. The van der Waals surface area contributed by atoms with Crippen molar-refractivity contribution in [3.63, 3.8) is 0 Å². The van der Waals surface area contributed by atoms with Gasteiger partial charge >= 0.3 is 0 Å². The fourth-order valence-corrected chi connectivity index (χ4v) is 2.66. The van der Waals surface area contributed by atoms with Crippen LogP contribution in [0.4, 0.5) is 0 Å². The molecular weight excluding hydrogens is 258 g/mol. The van der Waals surface area contributed by atoms with E-state index in [0.717, 1.165) is 28.4 Å². The number of imidazole rings is 1. The maximum atomic E-state index is 5.08. The van der Waals surface area contributed by atoms with Crippen molar-refractivity contribution >= 4 is 11.3 Å². The van der Waals surface area contributed by atoms with Gasteiger partial charge in [0.2, 0.25) is 0 Å². The second kappa shape index (κ2) is 5.01. The number of nitrogens with zero attached hydrogens (tertiary/aromatic N) is 3. The average Bonchev–Trinajstić information content (AvgIpc) is 3.09. The lowest BCUT2D eigenvalue weighted by atomic mass is 10.3. The minimum absolute atomic E-state index is 0.444. The molecular formula is C14H15N3OS. The van der Waals surface area contributed by atoms with E-state index in [2.05, 4.69) is 40.0 Å². The van der Waals surface area contributed by atoms with Crippen LogP contribution in [0, 0.1) is 0 Å². The first kappa shape index (κ1) is 12.2. The third-order valence-corrected chi connectivity index (χ3v) is 3.80. The Morgan fingerprint density at radius 2 is 2.32 bits per heavy atom. The van der Waals surface area contributed by atoms with E-state index in [-0.39, 0.29) is 0 Å². The first-order valence-corrected chi connectivity index (χ1v) is 7.09. The van der Waals surface area contributed by atoms with Crippen LogP contribution in [0.2, 0.25) is 0 Å². The summed E-state index contributed by atoms with van der Waals surface area (Å²) in [6.07, 6.45) is 8.13. The first-order valence-electron chi connectivity index (χ1n) is 6.21. The van der Waals surface area contributed by atoms with E-state index in [9.17, 15) is 0 Å². The summed E-state index contributed by atoms with van der Waals surface area (Å²) in [5, 5.41) is 3.13. The van der Waals surface area contributed by atoms with Gasteiger partial charge in [-0.1, -0.05) is 0 Å². The molecule has 3 rings (SSSR count). The topological polar surface area (TPSA) is 43.9 Å². The molecule has 0 aromatic carbocycles. The van der Waals surface area contributed by atoms with Gasteiger partial charge in [-0.05, 0) is 19.9 Å². The van der Waals surface area contributed by atoms with Crippen molar-refractivity contribution in [1.82, 2.24) is 14.5 Å². The van der Waals surface area contributed by atoms with Crippen LogP contribution in [0.15, 0.2) is 40.9 Å². The normalized spacial score (nSPS) is 11.3. The summed E-state index contributed by atoms with van der Waals surface area (Å²) in [7, 11) is 0. The van der Waals surface area contributed by atoms with Gasteiger partial charge in [-0.25, -0.2) is 9.97 Å². The van der Waals surface area contributed by atoms with Gasteiger partial charge in [-0.3, -0.25) is 0 Å². The van der Waals surface area contributed by atoms with Crippen molar-refractivity contribution < 1.29 is 4.42 Å². The summed E-state index contributed by atoms with van der Waals surface area (Å²) in [4.78, 5) is 9.03. The lowest BCUT2D eigenvalue weighted by Gasteiger charge is -2.03. The molecule has 0 unspecified atom stereocenters. The van der Waals surface area contributed by atoms with Crippen LogP contribution in [-0.2, 0) is 6.42 Å². The molecule has 0 atom stereocenters. The van der Waals surface area contributed by atoms with Crippen LogP contribution in [0.25, 0.3) is 11.3 Å². The minimum Gasteiger partial charge on any atom is -0.472 e. The highest BCUT2D eigenvalue weighted by Crippen LogP contribution is 2.23. The van der Waals surface area contributed by atoms with Gasteiger partial charge in [-0.2, -0.15) is 0 Å². The zero-order valence-electron chi connectivity index (χ0n) is 10.9. The first-order chi connectivity index (χ1) is 9.22. The third-order valence-electron chi connectivity index (χ3n) is 2.95. The molecule has 0 bridgehead atoms. The van der Waals surface area contributed by atoms with E-state index in [1.807, 2.05) is 12.4 Å². The van der Waals surface area contributed by atoms with Crippen molar-refractivity contribution in [1.29, 1.82) is 0 Å². The molecule has 0 aliphatic carbocycles. The molecule has 0 radical (unpaired) electrons. The van der Waals surface area contributed by atoms with Gasteiger partial charge in [-0.15, -0.1) is 11.3 Å². The Morgan fingerprint density at radius 1 is 1.42 bits per heavy atom. The van der Waals surface area contributed by atoms with Crippen molar-refractivity contribution in [3.05, 3.63) is 47.2 Å². The predicted molar refractivity (Wildman–Crippen MR) is 75.2 cm³/mol. The number of hydrogen-bond donors (Lipinski definition) is 0. The summed E-state index contributed by atoms with van der Waals surface area (Å²) in [5.41, 5.74) is 3.05. The molecule has 3 aromatic heterocycles. The van der Waals surface area contributed by atoms with Gasteiger partial charge in [0.15, 0.2) is 0 Å². The van der Waals surface area contributed by atoms with Crippen LogP contribution in [0.5, 0.6) is 0 Å². The molecule has 0 aliphatic rings. The van der Waals surface area contributed by atoms with E-state index >= 15 is 0 Å². The summed E-state index contributed by atoms with van der Waals surface area (Å²) in [6, 6.07) is 2.37. The number of rotatable bonds is 4. The molecule has 98 valence electrons. The monoisotopic (exact) mass is 273 g/mol. The van der Waals surface area contributed by atoms with E-state index in [0.29, 0.717) is 6.04 Å². The molecule has 3 aromatic rings. The maximum absolute atomic E-state index is 5.08. The number of hydrogen-bond acceptors (Lipinski definition) is 4. The Kier molecular flexibility index (Phi) is 3.21.